The van der Waals surface area contributed by atoms with Crippen LogP contribution in [-0.4, -0.2) is 53.3 Å². The van der Waals surface area contributed by atoms with Crippen LogP contribution in [0.25, 0.3) is 0 Å². The Morgan fingerprint density at radius 2 is 2.18 bits per heavy atom. The predicted molar refractivity (Wildman–Crippen MR) is 82.8 cm³/mol. The van der Waals surface area contributed by atoms with Gasteiger partial charge in [-0.1, -0.05) is 0 Å². The molecular formula is C15H20N4O3. The van der Waals surface area contributed by atoms with Gasteiger partial charge in [-0.25, -0.2) is 0 Å². The van der Waals surface area contributed by atoms with E-state index in [0.29, 0.717) is 6.54 Å². The van der Waals surface area contributed by atoms with Crippen molar-refractivity contribution < 1.29 is 10.0 Å². The van der Waals surface area contributed by atoms with Crippen molar-refractivity contribution in [3.05, 3.63) is 33.9 Å². The summed E-state index contributed by atoms with van der Waals surface area (Å²) >= 11 is 0. The Morgan fingerprint density at radius 3 is 2.73 bits per heavy atom. The fourth-order valence-corrected chi connectivity index (χ4v) is 2.92. The van der Waals surface area contributed by atoms with E-state index in [4.69, 9.17) is 10.4 Å². The van der Waals surface area contributed by atoms with Crippen molar-refractivity contribution in [2.24, 2.45) is 0 Å². The van der Waals surface area contributed by atoms with E-state index in [9.17, 15) is 10.1 Å². The fourth-order valence-electron chi connectivity index (χ4n) is 2.92. The molecule has 1 N–H and O–H groups in total. The van der Waals surface area contributed by atoms with E-state index < -0.39 is 4.92 Å². The summed E-state index contributed by atoms with van der Waals surface area (Å²) in [5.74, 6) is 0. The Balaban J connectivity index is 2.23. The van der Waals surface area contributed by atoms with Crippen LogP contribution in [0.5, 0.6) is 0 Å². The summed E-state index contributed by atoms with van der Waals surface area (Å²) in [5.41, 5.74) is 0.622. The fraction of sp³-hybridized carbons (Fsp3) is 0.533. The van der Waals surface area contributed by atoms with Crippen LogP contribution in [0.15, 0.2) is 18.2 Å². The van der Waals surface area contributed by atoms with E-state index in [0.717, 1.165) is 25.3 Å². The Morgan fingerprint density at radius 1 is 1.45 bits per heavy atom. The number of aliphatic hydroxyl groups is 1. The van der Waals surface area contributed by atoms with Crippen molar-refractivity contribution in [3.8, 4) is 6.07 Å². The van der Waals surface area contributed by atoms with Crippen molar-refractivity contribution >= 4 is 11.4 Å². The molecule has 1 heterocycles. The number of β-amino-alcohol motifs (C(OH)–C–C–N with tert-alkyl or cyclic N) is 1. The van der Waals surface area contributed by atoms with Gasteiger partial charge in [-0.15, -0.1) is 0 Å². The minimum Gasteiger partial charge on any atom is -0.395 e. The lowest BCUT2D eigenvalue weighted by Crippen LogP contribution is -2.60. The van der Waals surface area contributed by atoms with E-state index in [2.05, 4.69) is 23.6 Å². The highest BCUT2D eigenvalue weighted by molar-refractivity contribution is 5.60. The van der Waals surface area contributed by atoms with Gasteiger partial charge >= 0.3 is 0 Å². The van der Waals surface area contributed by atoms with E-state index in [1.807, 2.05) is 6.07 Å². The molecule has 0 aromatic heterocycles. The third-order valence-corrected chi connectivity index (χ3v) is 4.11. The van der Waals surface area contributed by atoms with E-state index in [1.165, 1.54) is 6.07 Å². The highest BCUT2D eigenvalue weighted by atomic mass is 16.6. The summed E-state index contributed by atoms with van der Waals surface area (Å²) in [6.45, 7) is 7.25. The zero-order chi connectivity index (χ0) is 16.3. The maximum absolute atomic E-state index is 10.9. The lowest BCUT2D eigenvalue weighted by Gasteiger charge is -2.47. The first-order valence-corrected chi connectivity index (χ1v) is 7.18. The summed E-state index contributed by atoms with van der Waals surface area (Å²) < 4.78 is 0. The first-order chi connectivity index (χ1) is 10.4. The van der Waals surface area contributed by atoms with Crippen LogP contribution in [0, 0.1) is 21.4 Å². The van der Waals surface area contributed by atoms with Crippen LogP contribution < -0.4 is 4.90 Å². The summed E-state index contributed by atoms with van der Waals surface area (Å²) in [6, 6.07) is 6.55. The van der Waals surface area contributed by atoms with E-state index in [-0.39, 0.29) is 23.4 Å². The third-order valence-electron chi connectivity index (χ3n) is 4.11. The quantitative estimate of drug-likeness (QED) is 0.667. The molecule has 1 fully saturated rings. The molecule has 1 aliphatic heterocycles. The van der Waals surface area contributed by atoms with Gasteiger partial charge in [0.15, 0.2) is 0 Å². The van der Waals surface area contributed by atoms with Crippen LogP contribution in [0.1, 0.15) is 19.4 Å². The maximum Gasteiger partial charge on any atom is 0.287 e. The van der Waals surface area contributed by atoms with Gasteiger partial charge in [0, 0.05) is 43.5 Å². The van der Waals surface area contributed by atoms with Gasteiger partial charge in [-0.05, 0) is 26.0 Å². The summed E-state index contributed by atoms with van der Waals surface area (Å²) in [6.07, 6.45) is 0. The monoisotopic (exact) mass is 304 g/mol. The number of hydrogen-bond donors (Lipinski definition) is 1. The van der Waals surface area contributed by atoms with Gasteiger partial charge in [0.1, 0.15) is 11.6 Å². The molecular weight excluding hydrogens is 284 g/mol. The second-order valence-electron chi connectivity index (χ2n) is 6.02. The lowest BCUT2D eigenvalue weighted by molar-refractivity contribution is -0.385. The molecule has 0 bridgehead atoms. The second-order valence-corrected chi connectivity index (χ2v) is 6.02. The van der Waals surface area contributed by atoms with Crippen LogP contribution >= 0.6 is 0 Å². The van der Waals surface area contributed by atoms with Gasteiger partial charge in [-0.2, -0.15) is 5.26 Å². The smallest absolute Gasteiger partial charge is 0.287 e. The first kappa shape index (κ1) is 16.2. The molecule has 22 heavy (non-hydrogen) atoms. The first-order valence-electron chi connectivity index (χ1n) is 7.18. The summed E-state index contributed by atoms with van der Waals surface area (Å²) in [7, 11) is 0. The average Bonchev–Trinajstić information content (AvgIpc) is 2.48. The number of aliphatic hydroxyl groups excluding tert-OH is 1. The third kappa shape index (κ3) is 3.18. The van der Waals surface area contributed by atoms with E-state index >= 15 is 0 Å². The standard InChI is InChI=1S/C15H20N4O3/c1-15(2)11-17(5-6-18(15)7-8-20)13-3-4-14(19(21)22)12(9-13)10-16/h3-4,9,20H,5-8,11H2,1-2H3. The van der Waals surface area contributed by atoms with Crippen LogP contribution in [0.2, 0.25) is 0 Å². The number of nitro benzene ring substituents is 1. The molecule has 1 aromatic rings. The van der Waals surface area contributed by atoms with Gasteiger partial charge < -0.3 is 10.0 Å². The molecule has 1 saturated heterocycles. The van der Waals surface area contributed by atoms with Crippen molar-refractivity contribution in [1.29, 1.82) is 5.26 Å². The number of anilines is 1. The molecule has 0 aliphatic carbocycles. The summed E-state index contributed by atoms with van der Waals surface area (Å²) in [4.78, 5) is 14.7. The molecule has 0 spiro atoms. The normalized spacial score (nSPS) is 18.0. The maximum atomic E-state index is 10.9. The topological polar surface area (TPSA) is 93.6 Å². The highest BCUT2D eigenvalue weighted by Gasteiger charge is 2.33. The van der Waals surface area contributed by atoms with Gasteiger partial charge in [0.2, 0.25) is 0 Å². The molecule has 1 aromatic carbocycles. The van der Waals surface area contributed by atoms with Crippen molar-refractivity contribution in [1.82, 2.24) is 4.90 Å². The Kier molecular flexibility index (Phi) is 4.64. The lowest BCUT2D eigenvalue weighted by atomic mass is 9.98. The number of benzene rings is 1. The number of nitriles is 1. The van der Waals surface area contributed by atoms with Crippen molar-refractivity contribution in [2.75, 3.05) is 37.7 Å². The van der Waals surface area contributed by atoms with Gasteiger partial charge in [-0.3, -0.25) is 15.0 Å². The predicted octanol–water partition coefficient (Wildman–Crippen LogP) is 1.36. The van der Waals surface area contributed by atoms with Crippen molar-refractivity contribution in [3.63, 3.8) is 0 Å². The number of hydrogen-bond acceptors (Lipinski definition) is 6. The van der Waals surface area contributed by atoms with Gasteiger partial charge in [0.25, 0.3) is 5.69 Å². The Bertz CT molecular complexity index is 609. The minimum atomic E-state index is -0.536. The minimum absolute atomic E-state index is 0.0816. The molecule has 0 saturated carbocycles. The van der Waals surface area contributed by atoms with Crippen LogP contribution in [0.4, 0.5) is 11.4 Å². The Hall–Kier alpha value is -2.17. The molecule has 2 rings (SSSR count). The number of nitrogens with zero attached hydrogens (tertiary/aromatic N) is 4. The molecule has 7 nitrogen and oxygen atoms in total. The molecule has 0 unspecified atom stereocenters. The number of piperazine rings is 1. The Labute approximate surface area is 129 Å². The zero-order valence-electron chi connectivity index (χ0n) is 12.8. The molecule has 0 amide bonds. The number of rotatable bonds is 4. The average molecular weight is 304 g/mol. The largest absolute Gasteiger partial charge is 0.395 e. The molecule has 7 heteroatoms. The molecule has 0 radical (unpaired) electrons. The zero-order valence-corrected chi connectivity index (χ0v) is 12.8. The van der Waals surface area contributed by atoms with Crippen molar-refractivity contribution in [2.45, 2.75) is 19.4 Å². The summed E-state index contributed by atoms with van der Waals surface area (Å²) in [5, 5.41) is 29.1. The highest BCUT2D eigenvalue weighted by Crippen LogP contribution is 2.29. The van der Waals surface area contributed by atoms with E-state index in [1.54, 1.807) is 12.1 Å². The molecule has 118 valence electrons. The molecule has 1 aliphatic rings. The SMILES string of the molecule is CC1(C)CN(c2ccc([N+](=O)[O-])c(C#N)c2)CCN1CCO. The van der Waals surface area contributed by atoms with Gasteiger partial charge in [0.05, 0.1) is 11.5 Å². The number of nitro groups is 1. The van der Waals surface area contributed by atoms with Crippen LogP contribution in [0.3, 0.4) is 0 Å². The second kappa shape index (κ2) is 6.30. The molecule has 0 atom stereocenters. The van der Waals surface area contributed by atoms with Crippen LogP contribution in [-0.2, 0) is 0 Å².